The molecule has 0 spiro atoms. The standard InChI is InChI=1S/C21H22N2O3/c1-13-22-20(14-5-7-16(24-2)8-6-14)21-17-12-19(26-4)18(25-3)11-15(17)9-10-23(13)21/h5-8,11-12H,9-10H2,1-4H3. The molecule has 1 aliphatic rings. The van der Waals surface area contributed by atoms with Crippen molar-refractivity contribution in [1.29, 1.82) is 0 Å². The Morgan fingerprint density at radius 2 is 1.62 bits per heavy atom. The van der Waals surface area contributed by atoms with Gasteiger partial charge < -0.3 is 18.8 Å². The van der Waals surface area contributed by atoms with E-state index in [4.69, 9.17) is 19.2 Å². The Kier molecular flexibility index (Phi) is 4.07. The molecule has 1 aromatic heterocycles. The molecule has 5 nitrogen and oxygen atoms in total. The molecule has 3 aromatic rings. The molecule has 0 saturated carbocycles. The molecular weight excluding hydrogens is 328 g/mol. The van der Waals surface area contributed by atoms with Gasteiger partial charge in [0.2, 0.25) is 0 Å². The minimum Gasteiger partial charge on any atom is -0.497 e. The van der Waals surface area contributed by atoms with E-state index in [-0.39, 0.29) is 0 Å². The number of hydrogen-bond donors (Lipinski definition) is 0. The maximum Gasteiger partial charge on any atom is 0.161 e. The van der Waals surface area contributed by atoms with Crippen LogP contribution in [0.15, 0.2) is 36.4 Å². The number of aromatic nitrogens is 2. The van der Waals surface area contributed by atoms with E-state index in [1.807, 2.05) is 12.1 Å². The zero-order valence-electron chi connectivity index (χ0n) is 15.5. The molecule has 26 heavy (non-hydrogen) atoms. The highest BCUT2D eigenvalue weighted by atomic mass is 16.5. The molecule has 0 atom stereocenters. The highest BCUT2D eigenvalue weighted by Crippen LogP contribution is 2.42. The van der Waals surface area contributed by atoms with Gasteiger partial charge in [0.15, 0.2) is 11.5 Å². The molecule has 0 amide bonds. The van der Waals surface area contributed by atoms with Crippen LogP contribution in [0, 0.1) is 6.92 Å². The number of methoxy groups -OCH3 is 3. The summed E-state index contributed by atoms with van der Waals surface area (Å²) in [5.74, 6) is 3.36. The zero-order valence-corrected chi connectivity index (χ0v) is 15.5. The van der Waals surface area contributed by atoms with Crippen molar-refractivity contribution in [2.75, 3.05) is 21.3 Å². The van der Waals surface area contributed by atoms with Crippen LogP contribution in [0.2, 0.25) is 0 Å². The summed E-state index contributed by atoms with van der Waals surface area (Å²) in [6.45, 7) is 2.97. The van der Waals surface area contributed by atoms with Gasteiger partial charge in [0.05, 0.1) is 32.7 Å². The highest BCUT2D eigenvalue weighted by Gasteiger charge is 2.25. The van der Waals surface area contributed by atoms with Crippen LogP contribution < -0.4 is 14.2 Å². The van der Waals surface area contributed by atoms with Crippen LogP contribution in [-0.4, -0.2) is 30.9 Å². The molecule has 0 aliphatic carbocycles. The third kappa shape index (κ3) is 2.51. The molecule has 2 aromatic carbocycles. The molecule has 2 heterocycles. The van der Waals surface area contributed by atoms with Gasteiger partial charge in [-0.1, -0.05) is 0 Å². The predicted molar refractivity (Wildman–Crippen MR) is 101 cm³/mol. The van der Waals surface area contributed by atoms with Crippen molar-refractivity contribution < 1.29 is 14.2 Å². The number of ether oxygens (including phenoxy) is 3. The van der Waals surface area contributed by atoms with Crippen molar-refractivity contribution >= 4 is 0 Å². The highest BCUT2D eigenvalue weighted by molar-refractivity contribution is 5.83. The van der Waals surface area contributed by atoms with Gasteiger partial charge in [0.25, 0.3) is 0 Å². The van der Waals surface area contributed by atoms with Crippen LogP contribution >= 0.6 is 0 Å². The van der Waals surface area contributed by atoms with E-state index in [1.165, 1.54) is 5.56 Å². The molecular formula is C21H22N2O3. The largest absolute Gasteiger partial charge is 0.497 e. The molecule has 0 saturated heterocycles. The number of benzene rings is 2. The second-order valence-corrected chi connectivity index (χ2v) is 6.35. The molecule has 0 N–H and O–H groups in total. The average Bonchev–Trinajstić information content (AvgIpc) is 3.03. The fourth-order valence-corrected chi connectivity index (χ4v) is 3.64. The number of fused-ring (bicyclic) bond motifs is 3. The first-order valence-electron chi connectivity index (χ1n) is 8.63. The Morgan fingerprint density at radius 3 is 2.27 bits per heavy atom. The van der Waals surface area contributed by atoms with Gasteiger partial charge in [-0.15, -0.1) is 0 Å². The second kappa shape index (κ2) is 6.41. The summed E-state index contributed by atoms with van der Waals surface area (Å²) in [7, 11) is 5.01. The Morgan fingerprint density at radius 1 is 0.923 bits per heavy atom. The molecule has 134 valence electrons. The molecule has 0 fully saturated rings. The van der Waals surface area contributed by atoms with Crippen molar-refractivity contribution in [3.05, 3.63) is 47.8 Å². The van der Waals surface area contributed by atoms with Crippen LogP contribution in [0.5, 0.6) is 17.2 Å². The number of nitrogens with zero attached hydrogens (tertiary/aromatic N) is 2. The lowest BCUT2D eigenvalue weighted by Gasteiger charge is -2.22. The van der Waals surface area contributed by atoms with Crippen molar-refractivity contribution in [3.8, 4) is 39.8 Å². The number of aryl methyl sites for hydroxylation is 2. The van der Waals surface area contributed by atoms with Gasteiger partial charge in [-0.3, -0.25) is 0 Å². The SMILES string of the molecule is COc1ccc(-c2nc(C)n3c2-c2cc(OC)c(OC)cc2CC3)cc1. The van der Waals surface area contributed by atoms with E-state index in [0.717, 1.165) is 58.6 Å². The minimum absolute atomic E-state index is 0.735. The van der Waals surface area contributed by atoms with E-state index in [0.29, 0.717) is 0 Å². The van der Waals surface area contributed by atoms with Gasteiger partial charge in [-0.2, -0.15) is 0 Å². The van der Waals surface area contributed by atoms with Gasteiger partial charge >= 0.3 is 0 Å². The molecule has 5 heteroatoms. The molecule has 0 unspecified atom stereocenters. The Bertz CT molecular complexity index is 958. The van der Waals surface area contributed by atoms with Gasteiger partial charge in [0, 0.05) is 17.7 Å². The normalized spacial score (nSPS) is 12.3. The summed E-state index contributed by atoms with van der Waals surface area (Å²) >= 11 is 0. The lowest BCUT2D eigenvalue weighted by Crippen LogP contribution is -2.12. The van der Waals surface area contributed by atoms with E-state index in [1.54, 1.807) is 21.3 Å². The van der Waals surface area contributed by atoms with Crippen LogP contribution in [-0.2, 0) is 13.0 Å². The predicted octanol–water partition coefficient (Wildman–Crippen LogP) is 4.11. The maximum atomic E-state index is 5.53. The van der Waals surface area contributed by atoms with Gasteiger partial charge in [-0.25, -0.2) is 4.98 Å². The maximum absolute atomic E-state index is 5.53. The first-order valence-corrected chi connectivity index (χ1v) is 8.63. The summed E-state index contributed by atoms with van der Waals surface area (Å²) in [6.07, 6.45) is 0.946. The lowest BCUT2D eigenvalue weighted by atomic mass is 9.94. The third-order valence-corrected chi connectivity index (χ3v) is 4.99. The lowest BCUT2D eigenvalue weighted by molar-refractivity contribution is 0.354. The van der Waals surface area contributed by atoms with Crippen LogP contribution in [0.3, 0.4) is 0 Å². The van der Waals surface area contributed by atoms with Gasteiger partial charge in [0.1, 0.15) is 11.6 Å². The monoisotopic (exact) mass is 350 g/mol. The van der Waals surface area contributed by atoms with E-state index in [2.05, 4.69) is 35.8 Å². The summed E-state index contributed by atoms with van der Waals surface area (Å²) in [5.41, 5.74) is 5.60. The topological polar surface area (TPSA) is 45.5 Å². The van der Waals surface area contributed by atoms with Gasteiger partial charge in [-0.05, 0) is 55.3 Å². The average molecular weight is 350 g/mol. The summed E-state index contributed by atoms with van der Waals surface area (Å²) in [5, 5.41) is 0. The van der Waals surface area contributed by atoms with E-state index >= 15 is 0 Å². The molecule has 4 rings (SSSR count). The number of imidazole rings is 1. The van der Waals surface area contributed by atoms with Crippen molar-refractivity contribution in [2.24, 2.45) is 0 Å². The Labute approximate surface area is 153 Å². The Hall–Kier alpha value is -2.95. The first kappa shape index (κ1) is 16.5. The summed E-state index contributed by atoms with van der Waals surface area (Å²) in [4.78, 5) is 4.87. The van der Waals surface area contributed by atoms with Crippen molar-refractivity contribution in [3.63, 3.8) is 0 Å². The minimum atomic E-state index is 0.735. The van der Waals surface area contributed by atoms with E-state index in [9.17, 15) is 0 Å². The molecule has 0 radical (unpaired) electrons. The quantitative estimate of drug-likeness (QED) is 0.710. The van der Waals surface area contributed by atoms with Crippen molar-refractivity contribution in [1.82, 2.24) is 9.55 Å². The van der Waals surface area contributed by atoms with Crippen molar-refractivity contribution in [2.45, 2.75) is 19.9 Å². The number of hydrogen-bond acceptors (Lipinski definition) is 4. The summed E-state index contributed by atoms with van der Waals surface area (Å²) < 4.78 is 18.6. The fourth-order valence-electron chi connectivity index (χ4n) is 3.64. The first-order chi connectivity index (χ1) is 12.7. The van der Waals surface area contributed by atoms with E-state index < -0.39 is 0 Å². The fraction of sp³-hybridized carbons (Fsp3) is 0.286. The van der Waals surface area contributed by atoms with Crippen LogP contribution in [0.4, 0.5) is 0 Å². The van der Waals surface area contributed by atoms with Crippen LogP contribution in [0.1, 0.15) is 11.4 Å². The second-order valence-electron chi connectivity index (χ2n) is 6.35. The summed E-state index contributed by atoms with van der Waals surface area (Å²) in [6, 6.07) is 12.2. The number of rotatable bonds is 4. The molecule has 1 aliphatic heterocycles. The zero-order chi connectivity index (χ0) is 18.3. The third-order valence-electron chi connectivity index (χ3n) is 4.99. The van der Waals surface area contributed by atoms with Crippen LogP contribution in [0.25, 0.3) is 22.5 Å². The smallest absolute Gasteiger partial charge is 0.161 e. The molecule has 0 bridgehead atoms. The Balaban J connectivity index is 1.92.